The van der Waals surface area contributed by atoms with Gasteiger partial charge in [0.25, 0.3) is 0 Å². The molecule has 0 radical (unpaired) electrons. The van der Waals surface area contributed by atoms with Crippen LogP contribution in [0.15, 0.2) is 12.1 Å². The van der Waals surface area contributed by atoms with Crippen molar-refractivity contribution in [1.82, 2.24) is 20.1 Å². The maximum absolute atomic E-state index is 14.5. The molecule has 2 atom stereocenters. The Morgan fingerprint density at radius 1 is 1.06 bits per heavy atom. The van der Waals surface area contributed by atoms with E-state index in [9.17, 15) is 4.39 Å². The molecule has 0 amide bonds. The van der Waals surface area contributed by atoms with Gasteiger partial charge in [-0.05, 0) is 46.2 Å². The lowest BCUT2D eigenvalue weighted by Gasteiger charge is -2.49. The number of piperazine rings is 1. The molecule has 2 bridgehead atoms. The van der Waals surface area contributed by atoms with Crippen LogP contribution in [0.5, 0.6) is 0 Å². The molecule has 3 fully saturated rings. The zero-order valence-corrected chi connectivity index (χ0v) is 19.4. The van der Waals surface area contributed by atoms with Crippen molar-refractivity contribution in [3.63, 3.8) is 0 Å². The van der Waals surface area contributed by atoms with E-state index in [-0.39, 0.29) is 12.1 Å². The van der Waals surface area contributed by atoms with Gasteiger partial charge in [0.1, 0.15) is 0 Å². The van der Waals surface area contributed by atoms with Gasteiger partial charge in [-0.2, -0.15) is 0 Å². The molecular weight excluding hydrogens is 397 g/mol. The van der Waals surface area contributed by atoms with E-state index in [0.717, 1.165) is 25.3 Å². The average molecular weight is 436 g/mol. The number of fused-ring (bicyclic) bond motifs is 2. The first kappa shape index (κ1) is 22.9. The standard InChI is InChI=1S/C23H38FN5O2/c1-5-30-22(31-6-2)11-25-10-17-7-8-21(24)23(26-17)27-12-20(13-27)29-15-18-9-19(29)14-28(18)16(3)4/h7-8,16,18-20,22,25H,5-6,9-15H2,1-4H3/t18?,19-/m0/s1. The number of aromatic nitrogens is 1. The Labute approximate surface area is 185 Å². The number of pyridine rings is 1. The molecule has 0 aromatic carbocycles. The van der Waals surface area contributed by atoms with Crippen molar-refractivity contribution in [2.75, 3.05) is 50.8 Å². The lowest BCUT2D eigenvalue weighted by molar-refractivity contribution is -0.133. The third-order valence-electron chi connectivity index (χ3n) is 6.83. The zero-order valence-electron chi connectivity index (χ0n) is 19.4. The largest absolute Gasteiger partial charge is 0.352 e. The minimum atomic E-state index is -0.270. The quantitative estimate of drug-likeness (QED) is 0.534. The van der Waals surface area contributed by atoms with Gasteiger partial charge in [0, 0.05) is 76.6 Å². The van der Waals surface area contributed by atoms with E-state index in [4.69, 9.17) is 9.47 Å². The maximum Gasteiger partial charge on any atom is 0.169 e. The molecule has 3 saturated heterocycles. The van der Waals surface area contributed by atoms with Crippen molar-refractivity contribution in [2.45, 2.75) is 71.1 Å². The zero-order chi connectivity index (χ0) is 22.0. The van der Waals surface area contributed by atoms with Gasteiger partial charge >= 0.3 is 0 Å². The van der Waals surface area contributed by atoms with Crippen molar-refractivity contribution in [3.8, 4) is 0 Å². The first-order valence-corrected chi connectivity index (χ1v) is 11.9. The Hall–Kier alpha value is -1.32. The van der Waals surface area contributed by atoms with Crippen LogP contribution in [-0.4, -0.2) is 91.2 Å². The van der Waals surface area contributed by atoms with Crippen LogP contribution in [-0.2, 0) is 16.0 Å². The van der Waals surface area contributed by atoms with Gasteiger partial charge in [0.15, 0.2) is 17.9 Å². The minimum absolute atomic E-state index is 0.238. The van der Waals surface area contributed by atoms with Crippen molar-refractivity contribution >= 4 is 5.82 Å². The van der Waals surface area contributed by atoms with E-state index in [2.05, 4.69) is 38.8 Å². The van der Waals surface area contributed by atoms with Crippen molar-refractivity contribution < 1.29 is 13.9 Å². The third-order valence-corrected chi connectivity index (χ3v) is 6.83. The molecule has 0 aliphatic carbocycles. The second kappa shape index (κ2) is 10.1. The van der Waals surface area contributed by atoms with Crippen molar-refractivity contribution in [2.24, 2.45) is 0 Å². The molecule has 174 valence electrons. The molecule has 3 aliphatic heterocycles. The fraction of sp³-hybridized carbons (Fsp3) is 0.783. The topological polar surface area (TPSA) is 53.1 Å². The highest BCUT2D eigenvalue weighted by molar-refractivity contribution is 5.45. The summed E-state index contributed by atoms with van der Waals surface area (Å²) in [5.74, 6) is 0.243. The van der Waals surface area contributed by atoms with Crippen LogP contribution in [0.3, 0.4) is 0 Å². The molecule has 1 aromatic heterocycles. The predicted octanol–water partition coefficient (Wildman–Crippen LogP) is 2.06. The molecule has 1 unspecified atom stereocenters. The van der Waals surface area contributed by atoms with Crippen LogP contribution in [0.2, 0.25) is 0 Å². The number of likely N-dealkylation sites (tertiary alicyclic amines) is 2. The summed E-state index contributed by atoms with van der Waals surface area (Å²) in [6, 6.07) is 5.79. The summed E-state index contributed by atoms with van der Waals surface area (Å²) >= 11 is 0. The first-order valence-electron chi connectivity index (χ1n) is 11.9. The average Bonchev–Trinajstić information content (AvgIpc) is 3.30. The Balaban J connectivity index is 1.27. The van der Waals surface area contributed by atoms with Gasteiger partial charge in [-0.1, -0.05) is 0 Å². The summed E-state index contributed by atoms with van der Waals surface area (Å²) in [7, 11) is 0. The second-order valence-corrected chi connectivity index (χ2v) is 9.17. The molecule has 7 nitrogen and oxygen atoms in total. The highest BCUT2D eigenvalue weighted by atomic mass is 19.1. The molecule has 4 rings (SSSR count). The molecule has 1 aromatic rings. The molecule has 4 heterocycles. The molecule has 0 saturated carbocycles. The number of nitrogens with zero attached hydrogens (tertiary/aromatic N) is 4. The van der Waals surface area contributed by atoms with E-state index in [0.29, 0.717) is 56.3 Å². The van der Waals surface area contributed by atoms with E-state index >= 15 is 0 Å². The monoisotopic (exact) mass is 435 g/mol. The molecule has 8 heteroatoms. The van der Waals surface area contributed by atoms with E-state index in [1.807, 2.05) is 13.8 Å². The van der Waals surface area contributed by atoms with Crippen molar-refractivity contribution in [3.05, 3.63) is 23.6 Å². The van der Waals surface area contributed by atoms with Gasteiger partial charge in [-0.3, -0.25) is 9.80 Å². The van der Waals surface area contributed by atoms with Gasteiger partial charge < -0.3 is 19.7 Å². The number of rotatable bonds is 11. The van der Waals surface area contributed by atoms with Gasteiger partial charge in [-0.25, -0.2) is 9.37 Å². The number of hydrogen-bond acceptors (Lipinski definition) is 7. The van der Waals surface area contributed by atoms with E-state index < -0.39 is 0 Å². The van der Waals surface area contributed by atoms with E-state index in [1.165, 1.54) is 19.0 Å². The van der Waals surface area contributed by atoms with Gasteiger partial charge in [0.2, 0.25) is 0 Å². The minimum Gasteiger partial charge on any atom is -0.352 e. The number of hydrogen-bond donors (Lipinski definition) is 1. The van der Waals surface area contributed by atoms with Crippen LogP contribution in [0, 0.1) is 5.82 Å². The summed E-state index contributed by atoms with van der Waals surface area (Å²) in [5.41, 5.74) is 0.833. The predicted molar refractivity (Wildman–Crippen MR) is 120 cm³/mol. The number of halogens is 1. The normalized spacial score (nSPS) is 24.7. The van der Waals surface area contributed by atoms with Crippen LogP contribution in [0.4, 0.5) is 10.2 Å². The summed E-state index contributed by atoms with van der Waals surface area (Å²) in [5, 5.41) is 3.31. The maximum atomic E-state index is 14.5. The van der Waals surface area contributed by atoms with Gasteiger partial charge in [-0.15, -0.1) is 0 Å². The lowest BCUT2D eigenvalue weighted by atomic mass is 10.0. The number of anilines is 1. The Kier molecular flexibility index (Phi) is 7.44. The summed E-state index contributed by atoms with van der Waals surface area (Å²) in [4.78, 5) is 12.0. The van der Waals surface area contributed by atoms with Crippen molar-refractivity contribution in [1.29, 1.82) is 0 Å². The molecule has 3 aliphatic rings. The smallest absolute Gasteiger partial charge is 0.169 e. The fourth-order valence-corrected chi connectivity index (χ4v) is 5.29. The number of ether oxygens (including phenoxy) is 2. The molecular formula is C23H38FN5O2. The highest BCUT2D eigenvalue weighted by Gasteiger charge is 2.48. The Bertz CT molecular complexity index is 724. The Morgan fingerprint density at radius 3 is 2.42 bits per heavy atom. The van der Waals surface area contributed by atoms with Crippen LogP contribution in [0.1, 0.15) is 39.8 Å². The third kappa shape index (κ3) is 5.03. The van der Waals surface area contributed by atoms with Gasteiger partial charge in [0.05, 0.1) is 5.69 Å². The Morgan fingerprint density at radius 2 is 1.81 bits per heavy atom. The van der Waals surface area contributed by atoms with Crippen LogP contribution < -0.4 is 10.2 Å². The summed E-state index contributed by atoms with van der Waals surface area (Å²) < 4.78 is 25.6. The molecule has 31 heavy (non-hydrogen) atoms. The first-order chi connectivity index (χ1) is 15.0. The SMILES string of the molecule is CCOC(CNCc1ccc(F)c(N2CC(N3CC4C[C@H]3CN4C(C)C)C2)n1)OCC. The summed E-state index contributed by atoms with van der Waals surface area (Å²) in [6.45, 7) is 14.9. The van der Waals surface area contributed by atoms with E-state index in [1.54, 1.807) is 6.07 Å². The number of nitrogens with one attached hydrogen (secondary N) is 1. The van der Waals surface area contributed by atoms with Crippen LogP contribution in [0.25, 0.3) is 0 Å². The van der Waals surface area contributed by atoms with Crippen LogP contribution >= 0.6 is 0 Å². The summed E-state index contributed by atoms with van der Waals surface area (Å²) in [6.07, 6.45) is 1.01. The molecule has 0 spiro atoms. The highest BCUT2D eigenvalue weighted by Crippen LogP contribution is 2.36. The lowest BCUT2D eigenvalue weighted by Crippen LogP contribution is -2.64. The molecule has 1 N–H and O–H groups in total. The second-order valence-electron chi connectivity index (χ2n) is 9.17. The fourth-order valence-electron chi connectivity index (χ4n) is 5.29.